The highest BCUT2D eigenvalue weighted by atomic mass is 16.5. The van der Waals surface area contributed by atoms with Gasteiger partial charge in [-0.2, -0.15) is 4.99 Å². The lowest BCUT2D eigenvalue weighted by Gasteiger charge is -2.31. The van der Waals surface area contributed by atoms with Crippen LogP contribution in [0, 0.1) is 0 Å². The van der Waals surface area contributed by atoms with E-state index in [1.165, 1.54) is 0 Å². The molecule has 1 saturated heterocycles. The van der Waals surface area contributed by atoms with Crippen molar-refractivity contribution in [1.82, 2.24) is 0 Å². The van der Waals surface area contributed by atoms with Crippen LogP contribution in [0.3, 0.4) is 0 Å². The number of isocyanates is 1. The van der Waals surface area contributed by atoms with Crippen LogP contribution in [0.15, 0.2) is 17.1 Å². The van der Waals surface area contributed by atoms with Gasteiger partial charge in [-0.05, 0) is 12.8 Å². The number of hydrogen-bond acceptors (Lipinski definition) is 6. The molecular weight excluding hydrogens is 320 g/mol. The van der Waals surface area contributed by atoms with E-state index >= 15 is 0 Å². The van der Waals surface area contributed by atoms with Crippen molar-refractivity contribution in [1.29, 1.82) is 0 Å². The maximum Gasteiger partial charge on any atom is 0.240 e. The summed E-state index contributed by atoms with van der Waals surface area (Å²) in [7, 11) is 0. The molecule has 0 aromatic heterocycles. The van der Waals surface area contributed by atoms with Gasteiger partial charge >= 0.3 is 0 Å². The molecule has 6 nitrogen and oxygen atoms in total. The van der Waals surface area contributed by atoms with Crippen LogP contribution in [0.4, 0.5) is 11.4 Å². The number of morpholine rings is 1. The average molecular weight is 348 g/mol. The highest BCUT2D eigenvalue weighted by molar-refractivity contribution is 5.71. The van der Waals surface area contributed by atoms with Gasteiger partial charge in [-0.3, -0.25) is 0 Å². The zero-order chi connectivity index (χ0) is 17.9. The Balaban J connectivity index is 2.32. The fourth-order valence-electron chi connectivity index (χ4n) is 2.61. The topological polar surface area (TPSA) is 60.4 Å². The predicted molar refractivity (Wildman–Crippen MR) is 98.1 cm³/mol. The first kappa shape index (κ1) is 19.3. The Bertz CT molecular complexity index is 579. The fraction of sp³-hybridized carbons (Fsp3) is 0.632. The van der Waals surface area contributed by atoms with Crippen molar-refractivity contribution in [3.05, 3.63) is 12.1 Å². The third kappa shape index (κ3) is 5.76. The second kappa shape index (κ2) is 10.7. The summed E-state index contributed by atoms with van der Waals surface area (Å²) in [6, 6.07) is 3.71. The zero-order valence-corrected chi connectivity index (χ0v) is 15.3. The number of anilines is 1. The van der Waals surface area contributed by atoms with Crippen molar-refractivity contribution in [3.8, 4) is 11.5 Å². The third-order valence-corrected chi connectivity index (χ3v) is 4.07. The molecule has 1 aromatic carbocycles. The van der Waals surface area contributed by atoms with Gasteiger partial charge in [0.25, 0.3) is 0 Å². The van der Waals surface area contributed by atoms with Crippen LogP contribution in [-0.4, -0.2) is 45.6 Å². The lowest BCUT2D eigenvalue weighted by molar-refractivity contribution is 0.122. The molecule has 0 aliphatic carbocycles. The second-order valence-electron chi connectivity index (χ2n) is 5.99. The van der Waals surface area contributed by atoms with Gasteiger partial charge in [0.05, 0.1) is 32.1 Å². The summed E-state index contributed by atoms with van der Waals surface area (Å²) in [6.07, 6.45) is 5.64. The maximum absolute atomic E-state index is 10.8. The molecule has 0 spiro atoms. The molecule has 138 valence electrons. The quantitative estimate of drug-likeness (QED) is 0.365. The first-order chi connectivity index (χ1) is 12.3. The Morgan fingerprint density at radius 3 is 2.32 bits per heavy atom. The first-order valence-electron chi connectivity index (χ1n) is 9.14. The SMILES string of the molecule is CCCCOc1cc(N2CCOCC2)c(OCCCC)cc1N=C=O. The molecule has 0 atom stereocenters. The first-order valence-corrected chi connectivity index (χ1v) is 9.14. The van der Waals surface area contributed by atoms with E-state index in [1.807, 2.05) is 6.07 Å². The van der Waals surface area contributed by atoms with Gasteiger partial charge in [0.15, 0.2) is 0 Å². The molecule has 0 radical (unpaired) electrons. The van der Waals surface area contributed by atoms with Gasteiger partial charge < -0.3 is 19.1 Å². The van der Waals surface area contributed by atoms with Crippen LogP contribution in [0.5, 0.6) is 11.5 Å². The highest BCUT2D eigenvalue weighted by Gasteiger charge is 2.19. The summed E-state index contributed by atoms with van der Waals surface area (Å²) < 4.78 is 17.3. The average Bonchev–Trinajstić information content (AvgIpc) is 2.64. The minimum Gasteiger partial charge on any atom is -0.491 e. The molecule has 1 fully saturated rings. The summed E-state index contributed by atoms with van der Waals surface area (Å²) in [4.78, 5) is 16.8. The Labute approximate surface area is 149 Å². The molecule has 0 bridgehead atoms. The molecule has 0 amide bonds. The summed E-state index contributed by atoms with van der Waals surface area (Å²) in [5, 5.41) is 0. The second-order valence-corrected chi connectivity index (χ2v) is 5.99. The van der Waals surface area contributed by atoms with Gasteiger partial charge in [-0.25, -0.2) is 4.79 Å². The molecule has 25 heavy (non-hydrogen) atoms. The molecule has 1 aromatic rings. The van der Waals surface area contributed by atoms with E-state index in [0.29, 0.717) is 37.9 Å². The Hall–Kier alpha value is -2.04. The van der Waals surface area contributed by atoms with E-state index in [1.54, 1.807) is 12.1 Å². The van der Waals surface area contributed by atoms with Crippen LogP contribution in [-0.2, 0) is 9.53 Å². The normalized spacial score (nSPS) is 14.1. The van der Waals surface area contributed by atoms with E-state index in [9.17, 15) is 4.79 Å². The highest BCUT2D eigenvalue weighted by Crippen LogP contribution is 2.40. The van der Waals surface area contributed by atoms with E-state index in [4.69, 9.17) is 14.2 Å². The number of carbonyl (C=O) groups excluding carboxylic acids is 1. The summed E-state index contributed by atoms with van der Waals surface area (Å²) in [5.74, 6) is 1.33. The monoisotopic (exact) mass is 348 g/mol. The van der Waals surface area contributed by atoms with Crippen molar-refractivity contribution in [2.75, 3.05) is 44.4 Å². The van der Waals surface area contributed by atoms with Crippen molar-refractivity contribution in [3.63, 3.8) is 0 Å². The molecule has 0 saturated carbocycles. The summed E-state index contributed by atoms with van der Waals surface area (Å²) in [6.45, 7) is 8.44. The van der Waals surface area contributed by atoms with Gasteiger partial charge in [0.1, 0.15) is 17.2 Å². The van der Waals surface area contributed by atoms with Gasteiger partial charge in [0.2, 0.25) is 6.08 Å². The predicted octanol–water partition coefficient (Wildman–Crippen LogP) is 3.85. The van der Waals surface area contributed by atoms with E-state index in [0.717, 1.165) is 50.2 Å². The number of nitrogens with zero attached hydrogens (tertiary/aromatic N) is 2. The smallest absolute Gasteiger partial charge is 0.240 e. The fourth-order valence-corrected chi connectivity index (χ4v) is 2.61. The number of unbranched alkanes of at least 4 members (excludes halogenated alkanes) is 2. The van der Waals surface area contributed by atoms with Crippen LogP contribution in [0.1, 0.15) is 39.5 Å². The van der Waals surface area contributed by atoms with Crippen LogP contribution >= 0.6 is 0 Å². The van der Waals surface area contributed by atoms with E-state index in [2.05, 4.69) is 23.7 Å². The number of hydrogen-bond donors (Lipinski definition) is 0. The minimum absolute atomic E-state index is 0.467. The lowest BCUT2D eigenvalue weighted by Crippen LogP contribution is -2.36. The molecule has 1 aliphatic heterocycles. The van der Waals surface area contributed by atoms with Crippen molar-refractivity contribution in [2.45, 2.75) is 39.5 Å². The number of rotatable bonds is 10. The molecule has 1 heterocycles. The third-order valence-electron chi connectivity index (χ3n) is 4.07. The van der Waals surface area contributed by atoms with Crippen LogP contribution < -0.4 is 14.4 Å². The van der Waals surface area contributed by atoms with Gasteiger partial charge in [0, 0.05) is 25.2 Å². The number of ether oxygens (including phenoxy) is 3. The van der Waals surface area contributed by atoms with Crippen molar-refractivity contribution < 1.29 is 19.0 Å². The van der Waals surface area contributed by atoms with Gasteiger partial charge in [-0.15, -0.1) is 0 Å². The molecule has 1 aliphatic rings. The molecule has 0 N–H and O–H groups in total. The largest absolute Gasteiger partial charge is 0.491 e. The minimum atomic E-state index is 0.467. The Morgan fingerprint density at radius 1 is 1.08 bits per heavy atom. The standard InChI is InChI=1S/C19H28N2O4/c1-3-5-9-24-18-14-17(21-7-11-23-12-8-21)19(25-10-6-4-2)13-16(18)20-15-22/h13-14H,3-12H2,1-2H3. The summed E-state index contributed by atoms with van der Waals surface area (Å²) in [5.41, 5.74) is 1.44. The molecule has 0 unspecified atom stereocenters. The molecule has 6 heteroatoms. The summed E-state index contributed by atoms with van der Waals surface area (Å²) >= 11 is 0. The Kier molecular flexibility index (Phi) is 8.29. The van der Waals surface area contributed by atoms with Crippen LogP contribution in [0.25, 0.3) is 0 Å². The zero-order valence-electron chi connectivity index (χ0n) is 15.3. The van der Waals surface area contributed by atoms with Crippen molar-refractivity contribution in [2.24, 2.45) is 4.99 Å². The van der Waals surface area contributed by atoms with Crippen molar-refractivity contribution >= 4 is 17.5 Å². The van der Waals surface area contributed by atoms with E-state index in [-0.39, 0.29) is 0 Å². The maximum atomic E-state index is 10.8. The van der Waals surface area contributed by atoms with Crippen LogP contribution in [0.2, 0.25) is 0 Å². The Morgan fingerprint density at radius 2 is 1.72 bits per heavy atom. The van der Waals surface area contributed by atoms with Gasteiger partial charge in [-0.1, -0.05) is 26.7 Å². The number of aliphatic imine (C=N–C) groups is 1. The lowest BCUT2D eigenvalue weighted by atomic mass is 10.2. The van der Waals surface area contributed by atoms with E-state index < -0.39 is 0 Å². The number of benzene rings is 1. The molecule has 2 rings (SSSR count). The molecular formula is C19H28N2O4.